The minimum absolute atomic E-state index is 0.0274. The number of aliphatic hydroxyl groups excluding tert-OH is 2. The monoisotopic (exact) mass is 436 g/mol. The van der Waals surface area contributed by atoms with E-state index in [9.17, 15) is 23.8 Å². The van der Waals surface area contributed by atoms with E-state index in [-0.39, 0.29) is 41.1 Å². The second-order valence-electron chi connectivity index (χ2n) is 7.34. The predicted octanol–water partition coefficient (Wildman–Crippen LogP) is 0.527. The maximum absolute atomic E-state index is 14.1. The Morgan fingerprint density at radius 3 is 3.03 bits per heavy atom. The van der Waals surface area contributed by atoms with Crippen molar-refractivity contribution in [2.24, 2.45) is 0 Å². The molecule has 4 rings (SSSR count). The maximum atomic E-state index is 14.1. The molecular formula is C19H22F2N6O4. The Hall–Kier alpha value is -2.96. The topological polar surface area (TPSA) is 145 Å². The highest BCUT2D eigenvalue weighted by Crippen LogP contribution is 2.26. The lowest BCUT2D eigenvalue weighted by Gasteiger charge is -2.29. The highest BCUT2D eigenvalue weighted by atomic mass is 19.1. The number of hydrogen-bond acceptors (Lipinski definition) is 8. The largest absolute Gasteiger partial charge is 0.394 e. The van der Waals surface area contributed by atoms with Crippen LogP contribution in [0.1, 0.15) is 23.3 Å². The zero-order valence-corrected chi connectivity index (χ0v) is 16.4. The smallest absolute Gasteiger partial charge is 0.270 e. The van der Waals surface area contributed by atoms with E-state index in [4.69, 9.17) is 4.74 Å². The highest BCUT2D eigenvalue weighted by Gasteiger charge is 2.29. The molecule has 1 saturated heterocycles. The molecule has 2 aromatic heterocycles. The second-order valence-corrected chi connectivity index (χ2v) is 7.34. The van der Waals surface area contributed by atoms with Crippen LogP contribution in [-0.2, 0) is 4.74 Å². The number of rotatable bonds is 6. The number of aromatic nitrogens is 4. The number of aliphatic hydroxyl groups is 2. The predicted molar refractivity (Wildman–Crippen MR) is 106 cm³/mol. The molecule has 31 heavy (non-hydrogen) atoms. The lowest BCUT2D eigenvalue weighted by Crippen LogP contribution is -2.42. The van der Waals surface area contributed by atoms with Crippen LogP contribution < -0.4 is 10.6 Å². The van der Waals surface area contributed by atoms with Crippen LogP contribution in [0.3, 0.4) is 0 Å². The Labute approximate surface area is 175 Å². The Kier molecular flexibility index (Phi) is 6.20. The molecule has 0 spiro atoms. The van der Waals surface area contributed by atoms with Gasteiger partial charge in [-0.1, -0.05) is 0 Å². The van der Waals surface area contributed by atoms with Crippen LogP contribution in [0.5, 0.6) is 0 Å². The fraction of sp³-hybridized carbons (Fsp3) is 0.474. The molecule has 166 valence electrons. The lowest BCUT2D eigenvalue weighted by atomic mass is 9.98. The van der Waals surface area contributed by atoms with Crippen LogP contribution in [-0.4, -0.2) is 80.5 Å². The van der Waals surface area contributed by atoms with Crippen molar-refractivity contribution in [1.82, 2.24) is 25.5 Å². The first-order valence-electron chi connectivity index (χ1n) is 9.83. The molecule has 1 aliphatic carbocycles. The molecule has 5 N–H and O–H groups in total. The van der Waals surface area contributed by atoms with Crippen molar-refractivity contribution in [3.8, 4) is 0 Å². The van der Waals surface area contributed by atoms with Crippen LogP contribution in [0, 0.1) is 0 Å². The van der Waals surface area contributed by atoms with Gasteiger partial charge in [0.1, 0.15) is 29.8 Å². The molecular weight excluding hydrogens is 414 g/mol. The van der Waals surface area contributed by atoms with Gasteiger partial charge in [-0.25, -0.2) is 18.7 Å². The summed E-state index contributed by atoms with van der Waals surface area (Å²) in [5.74, 6) is -1.15. The molecule has 0 aromatic carbocycles. The normalized spacial score (nSPS) is 25.0. The van der Waals surface area contributed by atoms with Gasteiger partial charge in [-0.2, -0.15) is 5.10 Å². The number of carbonyl (C=O) groups excluding carboxylic acids is 1. The number of hydrogen-bond donors (Lipinski definition) is 5. The summed E-state index contributed by atoms with van der Waals surface area (Å²) in [5, 5.41) is 32.2. The van der Waals surface area contributed by atoms with Crippen LogP contribution in [0.2, 0.25) is 0 Å². The minimum atomic E-state index is -1.40. The van der Waals surface area contributed by atoms with Crippen LogP contribution >= 0.6 is 0 Å². The van der Waals surface area contributed by atoms with Crippen molar-refractivity contribution in [1.29, 1.82) is 0 Å². The Morgan fingerprint density at radius 2 is 2.26 bits per heavy atom. The van der Waals surface area contributed by atoms with Gasteiger partial charge in [0.05, 0.1) is 36.8 Å². The number of fused-ring (bicyclic) bond motifs is 1. The van der Waals surface area contributed by atoms with E-state index in [0.29, 0.717) is 13.0 Å². The first-order chi connectivity index (χ1) is 15.0. The van der Waals surface area contributed by atoms with Gasteiger partial charge in [-0.3, -0.25) is 9.89 Å². The van der Waals surface area contributed by atoms with Gasteiger partial charge in [-0.15, -0.1) is 0 Å². The zero-order chi connectivity index (χ0) is 22.0. The summed E-state index contributed by atoms with van der Waals surface area (Å²) < 4.78 is 33.2. The lowest BCUT2D eigenvalue weighted by molar-refractivity contribution is 0.00308. The maximum Gasteiger partial charge on any atom is 0.270 e. The summed E-state index contributed by atoms with van der Waals surface area (Å²) in [5.41, 5.74) is 0.0389. The third kappa shape index (κ3) is 4.40. The van der Waals surface area contributed by atoms with Crippen molar-refractivity contribution in [3.05, 3.63) is 35.6 Å². The molecule has 1 amide bonds. The van der Waals surface area contributed by atoms with E-state index in [2.05, 4.69) is 30.8 Å². The number of H-pyrrole nitrogens is 1. The van der Waals surface area contributed by atoms with Gasteiger partial charge in [-0.05, 0) is 18.6 Å². The molecule has 0 radical (unpaired) electrons. The van der Waals surface area contributed by atoms with E-state index >= 15 is 0 Å². The number of nitrogens with zero attached hydrogens (tertiary/aromatic N) is 3. The fourth-order valence-electron chi connectivity index (χ4n) is 3.58. The van der Waals surface area contributed by atoms with E-state index in [1.54, 1.807) is 0 Å². The third-order valence-electron chi connectivity index (χ3n) is 5.24. The molecule has 2 aliphatic rings. The Bertz CT molecular complexity index is 1030. The van der Waals surface area contributed by atoms with Gasteiger partial charge in [0.25, 0.3) is 5.91 Å². The van der Waals surface area contributed by atoms with Gasteiger partial charge in [0.2, 0.25) is 0 Å². The average molecular weight is 436 g/mol. The van der Waals surface area contributed by atoms with Crippen molar-refractivity contribution in [3.63, 3.8) is 0 Å². The Balaban J connectivity index is 1.60. The third-order valence-corrected chi connectivity index (χ3v) is 5.24. The Morgan fingerprint density at radius 1 is 1.42 bits per heavy atom. The number of nitrogens with one attached hydrogen (secondary N) is 3. The molecule has 2 aromatic rings. The fourth-order valence-corrected chi connectivity index (χ4v) is 3.58. The summed E-state index contributed by atoms with van der Waals surface area (Å²) in [6.07, 6.45) is 1.66. The summed E-state index contributed by atoms with van der Waals surface area (Å²) in [4.78, 5) is 21.1. The molecule has 1 fully saturated rings. The molecule has 3 heterocycles. The number of alkyl halides is 1. The molecule has 0 bridgehead atoms. The first-order valence-corrected chi connectivity index (χ1v) is 9.83. The number of aromatic amines is 1. The van der Waals surface area contributed by atoms with Crippen molar-refractivity contribution in [2.45, 2.75) is 37.2 Å². The van der Waals surface area contributed by atoms with Crippen LogP contribution in [0.4, 0.5) is 14.6 Å². The van der Waals surface area contributed by atoms with Crippen molar-refractivity contribution in [2.75, 3.05) is 25.1 Å². The molecule has 12 heteroatoms. The van der Waals surface area contributed by atoms with Crippen molar-refractivity contribution < 1.29 is 28.5 Å². The molecule has 4 atom stereocenters. The molecule has 10 nitrogen and oxygen atoms in total. The number of halogens is 2. The quantitative estimate of drug-likeness (QED) is 0.441. The van der Waals surface area contributed by atoms with Crippen LogP contribution in [0.15, 0.2) is 29.9 Å². The molecule has 1 unspecified atom stereocenters. The van der Waals surface area contributed by atoms with Crippen LogP contribution in [0.25, 0.3) is 11.0 Å². The van der Waals surface area contributed by atoms with Gasteiger partial charge in [0.15, 0.2) is 5.65 Å². The SMILES string of the molecule is O=C(N[C@H](CO)C1=CC(F)CC=C1F)c1[nH]nc2ncnc(N[C@@H]3COCC[C@H]3O)c12. The van der Waals surface area contributed by atoms with E-state index < -0.39 is 42.7 Å². The van der Waals surface area contributed by atoms with E-state index in [1.165, 1.54) is 6.33 Å². The van der Waals surface area contributed by atoms with Gasteiger partial charge >= 0.3 is 0 Å². The van der Waals surface area contributed by atoms with Crippen molar-refractivity contribution >= 4 is 22.8 Å². The number of carbonyl (C=O) groups is 1. The highest BCUT2D eigenvalue weighted by molar-refractivity contribution is 6.07. The van der Waals surface area contributed by atoms with Gasteiger partial charge in [0, 0.05) is 18.6 Å². The van der Waals surface area contributed by atoms with E-state index in [1.807, 2.05) is 0 Å². The second kappa shape index (κ2) is 9.04. The standard InChI is InChI=1S/C19H22F2N6O4/c20-9-1-2-11(21)10(5-9)12(6-28)25-19(30)16-15-17(22-8-23-18(15)27-26-16)24-13-7-31-4-3-14(13)29/h2,5,8-9,12-14,28-29H,1,3-4,6-7H2,(H,25,30)(H2,22,23,24,26,27)/t9?,12-,13-,14-/m1/s1. The minimum Gasteiger partial charge on any atom is -0.394 e. The molecule has 1 aliphatic heterocycles. The summed E-state index contributed by atoms with van der Waals surface area (Å²) in [7, 11) is 0. The number of amides is 1. The summed E-state index contributed by atoms with van der Waals surface area (Å²) >= 11 is 0. The first kappa shape index (κ1) is 21.3. The number of anilines is 1. The van der Waals surface area contributed by atoms with E-state index in [0.717, 1.165) is 12.2 Å². The zero-order valence-electron chi connectivity index (χ0n) is 16.4. The number of allylic oxidation sites excluding steroid dienone is 2. The average Bonchev–Trinajstić information content (AvgIpc) is 3.21. The van der Waals surface area contributed by atoms with Gasteiger partial charge < -0.3 is 25.6 Å². The number of ether oxygens (including phenoxy) is 1. The summed E-state index contributed by atoms with van der Waals surface area (Å²) in [6, 6.07) is -1.61. The molecule has 0 saturated carbocycles. The summed E-state index contributed by atoms with van der Waals surface area (Å²) in [6.45, 7) is 0.0642.